The quantitative estimate of drug-likeness (QED) is 0.614. The van der Waals surface area contributed by atoms with Gasteiger partial charge in [-0.1, -0.05) is 36.3 Å². The van der Waals surface area contributed by atoms with E-state index in [4.69, 9.17) is 18.5 Å². The average molecular weight is 356 g/mol. The van der Waals surface area contributed by atoms with Crippen LogP contribution in [0, 0.1) is 6.92 Å². The Kier molecular flexibility index (Phi) is 5.06. The monoisotopic (exact) mass is 356 g/mol. The number of methoxy groups -OCH3 is 1. The molecule has 0 atom stereocenters. The molecule has 7 heteroatoms. The van der Waals surface area contributed by atoms with E-state index in [1.54, 1.807) is 20.1 Å². The summed E-state index contributed by atoms with van der Waals surface area (Å²) in [6.07, 6.45) is 0. The zero-order chi connectivity index (χ0) is 18.7. The van der Waals surface area contributed by atoms with E-state index in [0.717, 1.165) is 5.56 Å². The molecule has 0 N–H and O–H groups in total. The van der Waals surface area contributed by atoms with E-state index in [0.29, 0.717) is 34.2 Å². The number of aryl methyl sites for hydroxylation is 1. The molecule has 136 valence electrons. The Morgan fingerprint density at radius 1 is 1.19 bits per heavy atom. The fourth-order valence-electron chi connectivity index (χ4n) is 2.60. The minimum Gasteiger partial charge on any atom is -0.496 e. The molecule has 0 aliphatic carbocycles. The summed E-state index contributed by atoms with van der Waals surface area (Å²) in [5.74, 6) is 1.16. The number of rotatable bonds is 6. The zero-order valence-corrected chi connectivity index (χ0v) is 15.1. The molecule has 2 heterocycles. The molecule has 0 spiro atoms. The lowest BCUT2D eigenvalue weighted by molar-refractivity contribution is 0.0433. The smallest absolute Gasteiger partial charge is 0.344 e. The molecule has 0 saturated carbocycles. The predicted octanol–water partition coefficient (Wildman–Crippen LogP) is 4.13. The molecule has 0 aliphatic rings. The van der Waals surface area contributed by atoms with Crippen LogP contribution in [0.25, 0.3) is 11.3 Å². The maximum Gasteiger partial charge on any atom is 0.344 e. The third kappa shape index (κ3) is 3.46. The van der Waals surface area contributed by atoms with Gasteiger partial charge in [0.1, 0.15) is 17.0 Å². The Labute approximate surface area is 150 Å². The Morgan fingerprint density at radius 3 is 2.69 bits per heavy atom. The summed E-state index contributed by atoms with van der Waals surface area (Å²) < 4.78 is 21.2. The summed E-state index contributed by atoms with van der Waals surface area (Å²) in [5.41, 5.74) is 2.28. The van der Waals surface area contributed by atoms with Crippen LogP contribution < -0.4 is 4.74 Å². The van der Waals surface area contributed by atoms with E-state index in [1.165, 1.54) is 0 Å². The number of nitrogens with zero attached hydrogens (tertiary/aromatic N) is 2. The number of hydrogen-bond acceptors (Lipinski definition) is 7. The van der Waals surface area contributed by atoms with Gasteiger partial charge in [-0.25, -0.2) is 4.79 Å². The van der Waals surface area contributed by atoms with Crippen molar-refractivity contribution in [3.05, 3.63) is 53.1 Å². The van der Waals surface area contributed by atoms with Gasteiger partial charge in [-0.2, -0.15) is 0 Å². The number of hydrogen-bond donors (Lipinski definition) is 0. The summed E-state index contributed by atoms with van der Waals surface area (Å²) in [7, 11) is 1.59. The van der Waals surface area contributed by atoms with Crippen molar-refractivity contribution in [2.45, 2.75) is 33.3 Å². The van der Waals surface area contributed by atoms with Crippen molar-refractivity contribution in [3.63, 3.8) is 0 Å². The Hall–Kier alpha value is -3.09. The molecule has 0 unspecified atom stereocenters. The van der Waals surface area contributed by atoms with Gasteiger partial charge in [0.25, 0.3) is 0 Å². The van der Waals surface area contributed by atoms with Crippen LogP contribution in [0.5, 0.6) is 5.75 Å². The van der Waals surface area contributed by atoms with Crippen LogP contribution in [-0.4, -0.2) is 23.4 Å². The number of benzene rings is 1. The summed E-state index contributed by atoms with van der Waals surface area (Å²) in [6.45, 7) is 5.52. The first-order valence-corrected chi connectivity index (χ1v) is 8.23. The molecular formula is C19H20N2O5. The maximum absolute atomic E-state index is 12.4. The SMILES string of the molecule is COc1ccccc1-c1cc(COC(=O)c2c(C)noc2C(C)C)on1. The molecule has 7 nitrogen and oxygen atoms in total. The van der Waals surface area contributed by atoms with Gasteiger partial charge in [0, 0.05) is 17.5 Å². The van der Waals surface area contributed by atoms with Gasteiger partial charge in [-0.05, 0) is 19.1 Å². The molecule has 0 fully saturated rings. The van der Waals surface area contributed by atoms with E-state index < -0.39 is 5.97 Å². The second-order valence-electron chi connectivity index (χ2n) is 6.12. The van der Waals surface area contributed by atoms with E-state index in [1.807, 2.05) is 38.1 Å². The van der Waals surface area contributed by atoms with Crippen LogP contribution in [0.3, 0.4) is 0 Å². The van der Waals surface area contributed by atoms with Gasteiger partial charge in [-0.3, -0.25) is 0 Å². The third-order valence-corrected chi connectivity index (χ3v) is 3.91. The largest absolute Gasteiger partial charge is 0.496 e. The second-order valence-corrected chi connectivity index (χ2v) is 6.12. The van der Waals surface area contributed by atoms with Crippen molar-refractivity contribution in [1.29, 1.82) is 0 Å². The van der Waals surface area contributed by atoms with Gasteiger partial charge in [0.05, 0.1) is 12.8 Å². The average Bonchev–Trinajstić information content (AvgIpc) is 3.26. The minimum atomic E-state index is -0.498. The number of para-hydroxylation sites is 1. The highest BCUT2D eigenvalue weighted by molar-refractivity contribution is 5.91. The molecule has 1 aromatic carbocycles. The van der Waals surface area contributed by atoms with E-state index in [-0.39, 0.29) is 12.5 Å². The molecule has 0 saturated heterocycles. The van der Waals surface area contributed by atoms with E-state index in [9.17, 15) is 4.79 Å². The van der Waals surface area contributed by atoms with Crippen LogP contribution in [0.15, 0.2) is 39.4 Å². The van der Waals surface area contributed by atoms with Crippen molar-refractivity contribution in [2.24, 2.45) is 0 Å². The summed E-state index contributed by atoms with van der Waals surface area (Å²) in [6, 6.07) is 9.19. The van der Waals surface area contributed by atoms with E-state index in [2.05, 4.69) is 10.3 Å². The zero-order valence-electron chi connectivity index (χ0n) is 15.1. The fraction of sp³-hybridized carbons (Fsp3) is 0.316. The van der Waals surface area contributed by atoms with Crippen LogP contribution in [0.1, 0.15) is 47.3 Å². The van der Waals surface area contributed by atoms with Crippen LogP contribution in [-0.2, 0) is 11.3 Å². The van der Waals surface area contributed by atoms with Gasteiger partial charge >= 0.3 is 5.97 Å². The van der Waals surface area contributed by atoms with Crippen LogP contribution in [0.4, 0.5) is 0 Å². The van der Waals surface area contributed by atoms with Gasteiger partial charge in [0.2, 0.25) is 0 Å². The molecule has 0 aliphatic heterocycles. The summed E-state index contributed by atoms with van der Waals surface area (Å²) in [5, 5.41) is 7.87. The number of aromatic nitrogens is 2. The number of ether oxygens (including phenoxy) is 2. The summed E-state index contributed by atoms with van der Waals surface area (Å²) in [4.78, 5) is 12.4. The first kappa shape index (κ1) is 17.7. The molecule has 26 heavy (non-hydrogen) atoms. The molecule has 2 aromatic heterocycles. The molecule has 0 radical (unpaired) electrons. The maximum atomic E-state index is 12.4. The predicted molar refractivity (Wildman–Crippen MR) is 92.9 cm³/mol. The number of carbonyl (C=O) groups is 1. The highest BCUT2D eigenvalue weighted by Gasteiger charge is 2.24. The minimum absolute atomic E-state index is 0.0289. The molecular weight excluding hydrogens is 336 g/mol. The Bertz CT molecular complexity index is 910. The molecule has 3 rings (SSSR count). The molecule has 0 bridgehead atoms. The van der Waals surface area contributed by atoms with Gasteiger partial charge in [0.15, 0.2) is 18.1 Å². The molecule has 3 aromatic rings. The van der Waals surface area contributed by atoms with Crippen LogP contribution in [0.2, 0.25) is 0 Å². The second kappa shape index (κ2) is 7.43. The lowest BCUT2D eigenvalue weighted by Crippen LogP contribution is -2.08. The molecule has 0 amide bonds. The first-order valence-electron chi connectivity index (χ1n) is 8.23. The van der Waals surface area contributed by atoms with E-state index >= 15 is 0 Å². The topological polar surface area (TPSA) is 87.6 Å². The first-order chi connectivity index (χ1) is 12.5. The summed E-state index contributed by atoms with van der Waals surface area (Å²) >= 11 is 0. The van der Waals surface area contributed by atoms with Crippen molar-refractivity contribution < 1.29 is 23.3 Å². The normalized spacial score (nSPS) is 11.0. The standard InChI is InChI=1S/C19H20N2O5/c1-11(2)18-17(12(3)20-26-18)19(22)24-10-13-9-15(21-25-13)14-7-5-6-8-16(14)23-4/h5-9,11H,10H2,1-4H3. The Morgan fingerprint density at radius 2 is 1.96 bits per heavy atom. The Balaban J connectivity index is 1.73. The van der Waals surface area contributed by atoms with Crippen molar-refractivity contribution >= 4 is 5.97 Å². The number of carbonyl (C=O) groups excluding carboxylic acids is 1. The van der Waals surface area contributed by atoms with Crippen molar-refractivity contribution in [3.8, 4) is 17.0 Å². The highest BCUT2D eigenvalue weighted by Crippen LogP contribution is 2.29. The highest BCUT2D eigenvalue weighted by atomic mass is 16.6. The van der Waals surface area contributed by atoms with Crippen molar-refractivity contribution in [1.82, 2.24) is 10.3 Å². The van der Waals surface area contributed by atoms with Crippen LogP contribution >= 0.6 is 0 Å². The lowest BCUT2D eigenvalue weighted by Gasteiger charge is -2.05. The van der Waals surface area contributed by atoms with Crippen molar-refractivity contribution in [2.75, 3.05) is 7.11 Å². The lowest BCUT2D eigenvalue weighted by atomic mass is 10.1. The van der Waals surface area contributed by atoms with Gasteiger partial charge in [-0.15, -0.1) is 0 Å². The van der Waals surface area contributed by atoms with Gasteiger partial charge < -0.3 is 18.5 Å². The number of esters is 1. The third-order valence-electron chi connectivity index (χ3n) is 3.91. The fourth-order valence-corrected chi connectivity index (χ4v) is 2.60.